The summed E-state index contributed by atoms with van der Waals surface area (Å²) in [5.41, 5.74) is 3.19. The topological polar surface area (TPSA) is 12.0 Å². The molecule has 2 rings (SSSR count). The molecule has 2 heteroatoms. The zero-order valence-corrected chi connectivity index (χ0v) is 8.77. The minimum absolute atomic E-state index is 0.398. The summed E-state index contributed by atoms with van der Waals surface area (Å²) in [6.07, 6.45) is 2.59. The van der Waals surface area contributed by atoms with E-state index in [9.17, 15) is 0 Å². The molecular weight excluding hydrogens is 178 g/mol. The molecule has 0 unspecified atom stereocenters. The summed E-state index contributed by atoms with van der Waals surface area (Å²) < 4.78 is 2.98. The average Bonchev–Trinajstić information content (AvgIpc) is 2.87. The maximum atomic E-state index is 4.07. The Kier molecular flexibility index (Phi) is 2.35. The lowest BCUT2D eigenvalue weighted by Crippen LogP contribution is -2.20. The van der Waals surface area contributed by atoms with Crippen molar-refractivity contribution in [1.82, 2.24) is 4.72 Å². The van der Waals surface area contributed by atoms with Crippen molar-refractivity contribution in [1.29, 1.82) is 0 Å². The number of nitrogens with one attached hydrogen (secondary N) is 1. The number of rotatable bonds is 3. The van der Waals surface area contributed by atoms with Gasteiger partial charge in [0.1, 0.15) is 0 Å². The maximum Gasteiger partial charge on any atom is 0.0153 e. The van der Waals surface area contributed by atoms with Crippen LogP contribution in [0.1, 0.15) is 24.0 Å². The van der Waals surface area contributed by atoms with Gasteiger partial charge in [-0.05, 0) is 25.3 Å². The van der Waals surface area contributed by atoms with Gasteiger partial charge >= 0.3 is 0 Å². The molecule has 0 atom stereocenters. The highest BCUT2D eigenvalue weighted by molar-refractivity contribution is 7.78. The number of hydrogen-bond donors (Lipinski definition) is 2. The van der Waals surface area contributed by atoms with Crippen molar-refractivity contribution < 1.29 is 0 Å². The molecule has 1 aliphatic rings. The molecule has 13 heavy (non-hydrogen) atoms. The van der Waals surface area contributed by atoms with Crippen molar-refractivity contribution in [3.8, 4) is 0 Å². The van der Waals surface area contributed by atoms with E-state index in [1.807, 2.05) is 0 Å². The van der Waals surface area contributed by atoms with Crippen LogP contribution in [0.25, 0.3) is 0 Å². The quantitative estimate of drug-likeness (QED) is 0.703. The SMILES string of the molecule is Cc1ccc(C2(CNS)CC2)cc1. The van der Waals surface area contributed by atoms with Gasteiger partial charge in [-0.3, -0.25) is 4.72 Å². The highest BCUT2D eigenvalue weighted by Gasteiger charge is 2.43. The van der Waals surface area contributed by atoms with Crippen molar-refractivity contribution in [2.75, 3.05) is 6.54 Å². The summed E-state index contributed by atoms with van der Waals surface area (Å²) >= 11 is 4.07. The summed E-state index contributed by atoms with van der Waals surface area (Å²) in [7, 11) is 0. The molecule has 1 aliphatic carbocycles. The van der Waals surface area contributed by atoms with Crippen LogP contribution in [-0.2, 0) is 5.41 Å². The van der Waals surface area contributed by atoms with Gasteiger partial charge in [-0.15, -0.1) is 0 Å². The van der Waals surface area contributed by atoms with Crippen LogP contribution in [0.4, 0.5) is 0 Å². The Labute approximate surface area is 85.1 Å². The molecule has 0 amide bonds. The highest BCUT2D eigenvalue weighted by Crippen LogP contribution is 2.47. The fraction of sp³-hybridized carbons (Fsp3) is 0.455. The Morgan fingerprint density at radius 1 is 1.31 bits per heavy atom. The van der Waals surface area contributed by atoms with Gasteiger partial charge in [0.05, 0.1) is 0 Å². The lowest BCUT2D eigenvalue weighted by Gasteiger charge is -2.14. The molecule has 70 valence electrons. The molecule has 0 heterocycles. The summed E-state index contributed by atoms with van der Waals surface area (Å²) in [6, 6.07) is 8.86. The van der Waals surface area contributed by atoms with Gasteiger partial charge < -0.3 is 0 Å². The first-order valence-electron chi connectivity index (χ1n) is 4.71. The van der Waals surface area contributed by atoms with E-state index < -0.39 is 0 Å². The molecule has 0 radical (unpaired) electrons. The molecule has 0 saturated heterocycles. The van der Waals surface area contributed by atoms with Crippen molar-refractivity contribution in [3.05, 3.63) is 35.4 Å². The van der Waals surface area contributed by atoms with Crippen molar-refractivity contribution in [3.63, 3.8) is 0 Å². The Hall–Kier alpha value is -0.470. The van der Waals surface area contributed by atoms with Crippen LogP contribution in [-0.4, -0.2) is 6.54 Å². The van der Waals surface area contributed by atoms with E-state index in [1.165, 1.54) is 24.0 Å². The van der Waals surface area contributed by atoms with E-state index in [-0.39, 0.29) is 0 Å². The molecule has 1 nitrogen and oxygen atoms in total. The maximum absolute atomic E-state index is 4.07. The first-order chi connectivity index (χ1) is 6.27. The van der Waals surface area contributed by atoms with Crippen molar-refractivity contribution in [2.24, 2.45) is 0 Å². The van der Waals surface area contributed by atoms with Gasteiger partial charge in [-0.2, -0.15) is 0 Å². The third-order valence-electron chi connectivity index (χ3n) is 2.93. The van der Waals surface area contributed by atoms with E-state index in [0.717, 1.165) is 6.54 Å². The van der Waals surface area contributed by atoms with Gasteiger partial charge in [0, 0.05) is 12.0 Å². The van der Waals surface area contributed by atoms with Gasteiger partial charge in [0.25, 0.3) is 0 Å². The van der Waals surface area contributed by atoms with Gasteiger partial charge in [0.2, 0.25) is 0 Å². The zero-order chi connectivity index (χ0) is 9.31. The van der Waals surface area contributed by atoms with E-state index in [2.05, 4.69) is 48.7 Å². The summed E-state index contributed by atoms with van der Waals surface area (Å²) in [6.45, 7) is 3.11. The summed E-state index contributed by atoms with van der Waals surface area (Å²) in [4.78, 5) is 0. The second-order valence-electron chi connectivity index (χ2n) is 3.98. The lowest BCUT2D eigenvalue weighted by atomic mass is 9.95. The Balaban J connectivity index is 2.20. The van der Waals surface area contributed by atoms with Crippen LogP contribution in [0.2, 0.25) is 0 Å². The monoisotopic (exact) mass is 193 g/mol. The number of aryl methyl sites for hydroxylation is 1. The molecule has 1 aromatic rings. The molecular formula is C11H15NS. The lowest BCUT2D eigenvalue weighted by molar-refractivity contribution is 0.679. The molecule has 0 aliphatic heterocycles. The minimum atomic E-state index is 0.398. The second-order valence-corrected chi connectivity index (χ2v) is 4.30. The second kappa shape index (κ2) is 3.35. The van der Waals surface area contributed by atoms with E-state index in [1.54, 1.807) is 0 Å². The average molecular weight is 193 g/mol. The van der Waals surface area contributed by atoms with Crippen LogP contribution in [0.3, 0.4) is 0 Å². The number of thiol groups is 1. The molecule has 1 N–H and O–H groups in total. The van der Waals surface area contributed by atoms with Crippen LogP contribution in [0.15, 0.2) is 24.3 Å². The van der Waals surface area contributed by atoms with Crippen molar-refractivity contribution in [2.45, 2.75) is 25.2 Å². The molecule has 1 saturated carbocycles. The Morgan fingerprint density at radius 2 is 1.92 bits per heavy atom. The fourth-order valence-corrected chi connectivity index (χ4v) is 2.08. The predicted octanol–water partition coefficient (Wildman–Crippen LogP) is 2.46. The Bertz CT molecular complexity index is 287. The molecule has 0 aromatic heterocycles. The summed E-state index contributed by atoms with van der Waals surface area (Å²) in [5, 5.41) is 0. The number of hydrogen-bond acceptors (Lipinski definition) is 2. The van der Waals surface area contributed by atoms with Crippen LogP contribution in [0, 0.1) is 6.92 Å². The number of benzene rings is 1. The van der Waals surface area contributed by atoms with Crippen LogP contribution < -0.4 is 4.72 Å². The Morgan fingerprint density at radius 3 is 2.38 bits per heavy atom. The third-order valence-corrected chi connectivity index (χ3v) is 3.09. The van der Waals surface area contributed by atoms with Gasteiger partial charge in [-0.25, -0.2) is 0 Å². The van der Waals surface area contributed by atoms with Crippen LogP contribution >= 0.6 is 12.8 Å². The van der Waals surface area contributed by atoms with E-state index >= 15 is 0 Å². The zero-order valence-electron chi connectivity index (χ0n) is 7.88. The summed E-state index contributed by atoms with van der Waals surface area (Å²) in [5.74, 6) is 0. The van der Waals surface area contributed by atoms with Crippen LogP contribution in [0.5, 0.6) is 0 Å². The van der Waals surface area contributed by atoms with Crippen molar-refractivity contribution >= 4 is 12.8 Å². The minimum Gasteiger partial charge on any atom is -0.266 e. The standard InChI is InChI=1S/C11H15NS/c1-9-2-4-10(5-3-9)11(6-7-11)8-12-13/h2-5,12-13H,6-8H2,1H3. The molecule has 0 spiro atoms. The predicted molar refractivity (Wildman–Crippen MR) is 59.1 cm³/mol. The molecule has 1 fully saturated rings. The fourth-order valence-electron chi connectivity index (χ4n) is 1.78. The van der Waals surface area contributed by atoms with Gasteiger partial charge in [-0.1, -0.05) is 42.6 Å². The molecule has 0 bridgehead atoms. The first-order valence-corrected chi connectivity index (χ1v) is 5.16. The first kappa shape index (κ1) is 9.10. The largest absolute Gasteiger partial charge is 0.266 e. The highest BCUT2D eigenvalue weighted by atomic mass is 32.1. The third kappa shape index (κ3) is 1.74. The normalized spacial score (nSPS) is 18.6. The van der Waals surface area contributed by atoms with Gasteiger partial charge in [0.15, 0.2) is 0 Å². The smallest absolute Gasteiger partial charge is 0.0153 e. The van der Waals surface area contributed by atoms with E-state index in [4.69, 9.17) is 0 Å². The van der Waals surface area contributed by atoms with E-state index in [0.29, 0.717) is 5.41 Å². The molecule has 1 aromatic carbocycles.